The summed E-state index contributed by atoms with van der Waals surface area (Å²) in [6, 6.07) is 0. The summed E-state index contributed by atoms with van der Waals surface area (Å²) >= 11 is 5.76. The number of halogens is 1. The van der Waals surface area contributed by atoms with Crippen LogP contribution >= 0.6 is 11.6 Å². The minimum absolute atomic E-state index is 0.0715. The first-order valence-electron chi connectivity index (χ1n) is 3.83. The summed E-state index contributed by atoms with van der Waals surface area (Å²) in [6.07, 6.45) is 1.86. The van der Waals surface area contributed by atoms with Crippen LogP contribution in [0.5, 0.6) is 0 Å². The Morgan fingerprint density at radius 2 is 2.00 bits per heavy atom. The van der Waals surface area contributed by atoms with Crippen molar-refractivity contribution in [3.63, 3.8) is 0 Å². The smallest absolute Gasteiger partial charge is 0.169 e. The summed E-state index contributed by atoms with van der Waals surface area (Å²) in [5, 5.41) is 9.54. The lowest BCUT2D eigenvalue weighted by Gasteiger charge is -2.25. The van der Waals surface area contributed by atoms with Crippen molar-refractivity contribution in [1.82, 2.24) is 0 Å². The summed E-state index contributed by atoms with van der Waals surface area (Å²) in [7, 11) is -3.39. The molecule has 1 rings (SSSR count). The molecule has 0 bridgehead atoms. The maximum atomic E-state index is 11.1. The Balaban J connectivity index is 2.83. The first kappa shape index (κ1) is 10.3. The van der Waals surface area contributed by atoms with Gasteiger partial charge in [0, 0.05) is 6.26 Å². The van der Waals surface area contributed by atoms with Crippen molar-refractivity contribution in [2.75, 3.05) is 6.26 Å². The van der Waals surface area contributed by atoms with Gasteiger partial charge in [0.1, 0.15) is 0 Å². The van der Waals surface area contributed by atoms with E-state index in [0.717, 1.165) is 19.1 Å². The van der Waals surface area contributed by atoms with Crippen LogP contribution in [-0.4, -0.2) is 30.1 Å². The third-order valence-corrected chi connectivity index (χ3v) is 5.08. The zero-order valence-corrected chi connectivity index (χ0v) is 8.69. The monoisotopic (exact) mass is 212 g/mol. The molecule has 0 spiro atoms. The van der Waals surface area contributed by atoms with Crippen LogP contribution < -0.4 is 0 Å². The van der Waals surface area contributed by atoms with Crippen LogP contribution in [0.2, 0.25) is 0 Å². The van der Waals surface area contributed by atoms with Crippen molar-refractivity contribution in [2.24, 2.45) is 5.92 Å². The molecule has 0 aromatic rings. The van der Waals surface area contributed by atoms with Gasteiger partial charge in [0.25, 0.3) is 0 Å². The topological polar surface area (TPSA) is 54.4 Å². The summed E-state index contributed by atoms with van der Waals surface area (Å²) in [4.78, 5) is 0. The molecule has 0 aromatic heterocycles. The molecule has 0 aromatic carbocycles. The highest BCUT2D eigenvalue weighted by atomic mass is 35.5. The van der Waals surface area contributed by atoms with Gasteiger partial charge in [0.2, 0.25) is 0 Å². The first-order chi connectivity index (χ1) is 5.27. The Morgan fingerprint density at radius 3 is 2.25 bits per heavy atom. The van der Waals surface area contributed by atoms with Crippen LogP contribution in [-0.2, 0) is 9.84 Å². The second-order valence-electron chi connectivity index (χ2n) is 3.54. The van der Waals surface area contributed by atoms with Gasteiger partial charge in [-0.05, 0) is 25.7 Å². The fourth-order valence-electron chi connectivity index (χ4n) is 1.05. The summed E-state index contributed by atoms with van der Waals surface area (Å²) < 4.78 is 20.7. The molecule has 2 atom stereocenters. The molecular weight excluding hydrogens is 200 g/mol. The van der Waals surface area contributed by atoms with Crippen LogP contribution in [0.15, 0.2) is 0 Å². The average molecular weight is 213 g/mol. The Hall–Kier alpha value is 0.200. The van der Waals surface area contributed by atoms with E-state index in [0.29, 0.717) is 0 Å². The zero-order valence-electron chi connectivity index (χ0n) is 7.12. The van der Waals surface area contributed by atoms with Gasteiger partial charge in [-0.15, -0.1) is 0 Å². The van der Waals surface area contributed by atoms with Crippen molar-refractivity contribution in [3.05, 3.63) is 0 Å². The van der Waals surface area contributed by atoms with E-state index >= 15 is 0 Å². The molecule has 12 heavy (non-hydrogen) atoms. The largest absolute Gasteiger partial charge is 0.390 e. The predicted molar refractivity (Wildman–Crippen MR) is 47.8 cm³/mol. The molecule has 0 aliphatic heterocycles. The number of aliphatic hydroxyl groups excluding tert-OH is 1. The summed E-state index contributed by atoms with van der Waals surface area (Å²) in [5.74, 6) is 0.0715. The second-order valence-corrected chi connectivity index (χ2v) is 6.94. The Kier molecular flexibility index (Phi) is 2.45. The minimum atomic E-state index is -3.39. The van der Waals surface area contributed by atoms with E-state index in [1.165, 1.54) is 6.92 Å². The molecule has 0 saturated heterocycles. The molecule has 0 radical (unpaired) electrons. The number of sulfone groups is 1. The first-order valence-corrected chi connectivity index (χ1v) is 6.10. The van der Waals surface area contributed by atoms with Gasteiger partial charge in [-0.25, -0.2) is 8.42 Å². The van der Waals surface area contributed by atoms with Gasteiger partial charge < -0.3 is 5.11 Å². The average Bonchev–Trinajstić information content (AvgIpc) is 2.64. The van der Waals surface area contributed by atoms with Gasteiger partial charge in [0.15, 0.2) is 14.0 Å². The Labute approximate surface area is 77.6 Å². The lowest BCUT2D eigenvalue weighted by Crippen LogP contribution is -2.42. The van der Waals surface area contributed by atoms with Crippen LogP contribution in [0, 0.1) is 5.92 Å². The third kappa shape index (κ3) is 1.75. The quantitative estimate of drug-likeness (QED) is 0.703. The standard InChI is InChI=1S/C7H13ClO3S/c1-7(8,12(2,10)11)6(9)5-3-4-5/h5-6,9H,3-4H2,1-2H3/t6-,7+/m1/s1. The fourth-order valence-corrected chi connectivity index (χ4v) is 1.86. The summed E-state index contributed by atoms with van der Waals surface area (Å²) in [5.41, 5.74) is 0. The molecule has 0 unspecified atom stereocenters. The van der Waals surface area contributed by atoms with Crippen molar-refractivity contribution in [1.29, 1.82) is 0 Å². The fraction of sp³-hybridized carbons (Fsp3) is 1.00. The normalized spacial score (nSPS) is 26.3. The van der Waals surface area contributed by atoms with E-state index in [1.54, 1.807) is 0 Å². The highest BCUT2D eigenvalue weighted by Crippen LogP contribution is 2.41. The highest BCUT2D eigenvalue weighted by molar-refractivity contribution is 7.93. The lowest BCUT2D eigenvalue weighted by molar-refractivity contribution is 0.137. The van der Waals surface area contributed by atoms with Gasteiger partial charge >= 0.3 is 0 Å². The molecule has 1 aliphatic carbocycles. The minimum Gasteiger partial charge on any atom is -0.390 e. The highest BCUT2D eigenvalue weighted by Gasteiger charge is 2.48. The van der Waals surface area contributed by atoms with Crippen LogP contribution in [0.4, 0.5) is 0 Å². The Bertz CT molecular complexity index is 266. The lowest BCUT2D eigenvalue weighted by atomic mass is 10.2. The third-order valence-electron chi connectivity index (χ3n) is 2.32. The molecule has 1 aliphatic rings. The van der Waals surface area contributed by atoms with Crippen molar-refractivity contribution >= 4 is 21.4 Å². The van der Waals surface area contributed by atoms with Gasteiger partial charge in [-0.2, -0.15) is 0 Å². The number of aliphatic hydroxyl groups is 1. The molecule has 1 N–H and O–H groups in total. The number of hydrogen-bond donors (Lipinski definition) is 1. The van der Waals surface area contributed by atoms with E-state index in [1.807, 2.05) is 0 Å². The van der Waals surface area contributed by atoms with Gasteiger partial charge in [-0.1, -0.05) is 11.6 Å². The number of rotatable bonds is 3. The van der Waals surface area contributed by atoms with E-state index in [9.17, 15) is 13.5 Å². The van der Waals surface area contributed by atoms with Crippen LogP contribution in [0.1, 0.15) is 19.8 Å². The van der Waals surface area contributed by atoms with Crippen molar-refractivity contribution in [3.8, 4) is 0 Å². The van der Waals surface area contributed by atoms with Crippen LogP contribution in [0.3, 0.4) is 0 Å². The molecule has 1 fully saturated rings. The number of alkyl halides is 1. The molecule has 72 valence electrons. The molecule has 0 heterocycles. The van der Waals surface area contributed by atoms with Gasteiger partial charge in [-0.3, -0.25) is 0 Å². The van der Waals surface area contributed by atoms with Crippen molar-refractivity contribution in [2.45, 2.75) is 30.1 Å². The Morgan fingerprint density at radius 1 is 1.58 bits per heavy atom. The number of hydrogen-bond acceptors (Lipinski definition) is 3. The van der Waals surface area contributed by atoms with Crippen LogP contribution in [0.25, 0.3) is 0 Å². The SMILES string of the molecule is C[C@@](Cl)([C@H](O)C1CC1)S(C)(=O)=O. The van der Waals surface area contributed by atoms with E-state index < -0.39 is 20.1 Å². The van der Waals surface area contributed by atoms with E-state index in [2.05, 4.69) is 0 Å². The maximum absolute atomic E-state index is 11.1. The zero-order chi connectivity index (χ0) is 9.57. The maximum Gasteiger partial charge on any atom is 0.169 e. The van der Waals surface area contributed by atoms with Gasteiger partial charge in [0.05, 0.1) is 6.10 Å². The second kappa shape index (κ2) is 2.86. The van der Waals surface area contributed by atoms with E-state index in [-0.39, 0.29) is 5.92 Å². The molecular formula is C7H13ClO3S. The molecule has 3 nitrogen and oxygen atoms in total. The predicted octanol–water partition coefficient (Wildman–Crippen LogP) is 0.757. The van der Waals surface area contributed by atoms with E-state index in [4.69, 9.17) is 11.6 Å². The van der Waals surface area contributed by atoms with Crippen molar-refractivity contribution < 1.29 is 13.5 Å². The molecule has 0 amide bonds. The molecule has 5 heteroatoms. The summed E-state index contributed by atoms with van der Waals surface area (Å²) in [6.45, 7) is 1.35. The molecule has 1 saturated carbocycles.